The van der Waals surface area contributed by atoms with E-state index in [1.54, 1.807) is 6.20 Å². The first-order valence-electron chi connectivity index (χ1n) is 7.82. The van der Waals surface area contributed by atoms with E-state index in [9.17, 15) is 0 Å². The third-order valence-corrected chi connectivity index (χ3v) is 6.00. The van der Waals surface area contributed by atoms with Gasteiger partial charge in [-0.3, -0.25) is 0 Å². The Bertz CT molecular complexity index is 388. The number of hydrogen-bond donors (Lipinski definition) is 0. The van der Waals surface area contributed by atoms with Crippen LogP contribution in [0.15, 0.2) is 6.20 Å². The molecule has 0 spiro atoms. The van der Waals surface area contributed by atoms with Crippen molar-refractivity contribution >= 4 is 23.4 Å². The van der Waals surface area contributed by atoms with Crippen molar-refractivity contribution in [3.05, 3.63) is 11.3 Å². The lowest BCUT2D eigenvalue weighted by atomic mass is 9.98. The molecule has 1 aliphatic carbocycles. The molecular weight excluding hydrogens is 292 g/mol. The van der Waals surface area contributed by atoms with Gasteiger partial charge in [-0.05, 0) is 44.3 Å². The van der Waals surface area contributed by atoms with Gasteiger partial charge in [0.05, 0.1) is 18.8 Å². The van der Waals surface area contributed by atoms with Gasteiger partial charge in [0.25, 0.3) is 0 Å². The highest BCUT2D eigenvalue weighted by atomic mass is 35.5. The first-order chi connectivity index (χ1) is 9.83. The number of thioether (sulfide) groups is 1. The third kappa shape index (κ3) is 3.64. The number of rotatable bonds is 4. The molecule has 1 saturated heterocycles. The molecule has 1 saturated carbocycles. The maximum atomic E-state index is 6.43. The molecule has 2 aliphatic rings. The molecule has 0 aromatic carbocycles. The average Bonchev–Trinajstić information content (AvgIpc) is 2.83. The van der Waals surface area contributed by atoms with Crippen LogP contribution in [-0.2, 0) is 6.54 Å². The van der Waals surface area contributed by atoms with E-state index in [4.69, 9.17) is 16.3 Å². The predicted molar refractivity (Wildman–Crippen MR) is 84.8 cm³/mol. The lowest BCUT2D eigenvalue weighted by Crippen LogP contribution is -2.20. The molecule has 5 heteroatoms. The molecule has 2 heterocycles. The molecular formula is C15H23ClN2OS. The molecule has 1 aromatic heterocycles. The molecule has 0 bridgehead atoms. The van der Waals surface area contributed by atoms with Crippen LogP contribution in [-0.4, -0.2) is 26.9 Å². The van der Waals surface area contributed by atoms with Gasteiger partial charge >= 0.3 is 0 Å². The number of aromatic nitrogens is 2. The van der Waals surface area contributed by atoms with Gasteiger partial charge in [-0.25, -0.2) is 4.68 Å². The smallest absolute Gasteiger partial charge is 0.176 e. The minimum absolute atomic E-state index is 0.336. The molecule has 3 rings (SSSR count). The summed E-state index contributed by atoms with van der Waals surface area (Å²) in [5, 5.41) is 5.76. The normalized spacial score (nSPS) is 24.8. The van der Waals surface area contributed by atoms with Gasteiger partial charge in [0.15, 0.2) is 10.9 Å². The van der Waals surface area contributed by atoms with Crippen LogP contribution in [0.1, 0.15) is 51.4 Å². The standard InChI is InChI=1S/C15H23ClN2OS/c16-15-14(19-12-6-2-1-3-7-12)10-17-18(15)11-13-8-4-5-9-20-13/h10,12-13H,1-9,11H2. The summed E-state index contributed by atoms with van der Waals surface area (Å²) >= 11 is 8.48. The number of halogens is 1. The van der Waals surface area contributed by atoms with Crippen LogP contribution in [0, 0.1) is 0 Å². The van der Waals surface area contributed by atoms with Crippen LogP contribution < -0.4 is 4.74 Å². The van der Waals surface area contributed by atoms with E-state index >= 15 is 0 Å². The number of ether oxygens (including phenoxy) is 1. The van der Waals surface area contributed by atoms with E-state index in [2.05, 4.69) is 16.9 Å². The summed E-state index contributed by atoms with van der Waals surface area (Å²) in [5.74, 6) is 2.05. The topological polar surface area (TPSA) is 27.1 Å². The fourth-order valence-electron chi connectivity index (χ4n) is 3.07. The predicted octanol–water partition coefficient (Wildman–Crippen LogP) is 4.53. The molecule has 3 nitrogen and oxygen atoms in total. The molecule has 20 heavy (non-hydrogen) atoms. The average molecular weight is 315 g/mol. The maximum absolute atomic E-state index is 6.43. The highest BCUT2D eigenvalue weighted by Gasteiger charge is 2.21. The number of nitrogens with zero attached hydrogens (tertiary/aromatic N) is 2. The Hall–Kier alpha value is -0.350. The van der Waals surface area contributed by atoms with Gasteiger partial charge in [0.1, 0.15) is 0 Å². The zero-order chi connectivity index (χ0) is 13.8. The third-order valence-electron chi connectivity index (χ3n) is 4.24. The Labute approximate surface area is 130 Å². The highest BCUT2D eigenvalue weighted by molar-refractivity contribution is 7.99. The van der Waals surface area contributed by atoms with E-state index in [1.807, 2.05) is 4.68 Å². The first kappa shape index (κ1) is 14.6. The zero-order valence-electron chi connectivity index (χ0n) is 11.9. The van der Waals surface area contributed by atoms with Gasteiger partial charge in [-0.15, -0.1) is 0 Å². The summed E-state index contributed by atoms with van der Waals surface area (Å²) in [4.78, 5) is 0. The van der Waals surface area contributed by atoms with Crippen molar-refractivity contribution < 1.29 is 4.74 Å². The minimum atomic E-state index is 0.336. The second kappa shape index (κ2) is 7.08. The van der Waals surface area contributed by atoms with E-state index in [0.29, 0.717) is 16.5 Å². The Morgan fingerprint density at radius 3 is 2.75 bits per heavy atom. The molecule has 1 aliphatic heterocycles. The lowest BCUT2D eigenvalue weighted by Gasteiger charge is -2.23. The Morgan fingerprint density at radius 2 is 2.00 bits per heavy atom. The first-order valence-corrected chi connectivity index (χ1v) is 9.25. The van der Waals surface area contributed by atoms with Gasteiger partial charge in [0.2, 0.25) is 0 Å². The van der Waals surface area contributed by atoms with Crippen LogP contribution in [0.25, 0.3) is 0 Å². The number of hydrogen-bond acceptors (Lipinski definition) is 3. The maximum Gasteiger partial charge on any atom is 0.176 e. The van der Waals surface area contributed by atoms with Crippen LogP contribution >= 0.6 is 23.4 Å². The van der Waals surface area contributed by atoms with Crippen LogP contribution in [0.2, 0.25) is 5.15 Å². The molecule has 1 aromatic rings. The summed E-state index contributed by atoms with van der Waals surface area (Å²) < 4.78 is 7.95. The van der Waals surface area contributed by atoms with Gasteiger partial charge in [-0.2, -0.15) is 16.9 Å². The van der Waals surface area contributed by atoms with Crippen molar-refractivity contribution in [2.75, 3.05) is 5.75 Å². The van der Waals surface area contributed by atoms with E-state index in [1.165, 1.54) is 44.3 Å². The molecule has 1 unspecified atom stereocenters. The Morgan fingerprint density at radius 1 is 1.20 bits per heavy atom. The summed E-state index contributed by atoms with van der Waals surface area (Å²) in [7, 11) is 0. The summed E-state index contributed by atoms with van der Waals surface area (Å²) in [6.07, 6.45) is 12.3. The fourth-order valence-corrected chi connectivity index (χ4v) is 4.56. The quantitative estimate of drug-likeness (QED) is 0.816. The van der Waals surface area contributed by atoms with E-state index < -0.39 is 0 Å². The molecule has 1 atom stereocenters. The van der Waals surface area contributed by atoms with Crippen LogP contribution in [0.5, 0.6) is 5.75 Å². The Kier molecular flexibility index (Phi) is 5.16. The second-order valence-electron chi connectivity index (χ2n) is 5.85. The second-order valence-corrected chi connectivity index (χ2v) is 7.61. The summed E-state index contributed by atoms with van der Waals surface area (Å²) in [6.45, 7) is 0.914. The van der Waals surface area contributed by atoms with Crippen molar-refractivity contribution in [3.8, 4) is 5.75 Å². The van der Waals surface area contributed by atoms with Crippen molar-refractivity contribution in [1.29, 1.82) is 0 Å². The monoisotopic (exact) mass is 314 g/mol. The molecule has 0 amide bonds. The van der Waals surface area contributed by atoms with Crippen molar-refractivity contribution in [2.45, 2.75) is 69.3 Å². The van der Waals surface area contributed by atoms with E-state index in [-0.39, 0.29) is 0 Å². The SMILES string of the molecule is Clc1c(OC2CCCCC2)cnn1CC1CCCCS1. The molecule has 0 radical (unpaired) electrons. The largest absolute Gasteiger partial charge is 0.486 e. The van der Waals surface area contributed by atoms with Crippen molar-refractivity contribution in [2.24, 2.45) is 0 Å². The summed E-state index contributed by atoms with van der Waals surface area (Å²) in [6, 6.07) is 0. The van der Waals surface area contributed by atoms with Gasteiger partial charge < -0.3 is 4.74 Å². The van der Waals surface area contributed by atoms with Crippen LogP contribution in [0.4, 0.5) is 0 Å². The molecule has 0 N–H and O–H groups in total. The fraction of sp³-hybridized carbons (Fsp3) is 0.800. The summed E-state index contributed by atoms with van der Waals surface area (Å²) in [5.41, 5.74) is 0. The molecule has 112 valence electrons. The van der Waals surface area contributed by atoms with Crippen molar-refractivity contribution in [3.63, 3.8) is 0 Å². The van der Waals surface area contributed by atoms with E-state index in [0.717, 1.165) is 25.1 Å². The lowest BCUT2D eigenvalue weighted by molar-refractivity contribution is 0.155. The van der Waals surface area contributed by atoms with Gasteiger partial charge in [0, 0.05) is 5.25 Å². The van der Waals surface area contributed by atoms with Crippen LogP contribution in [0.3, 0.4) is 0 Å². The highest BCUT2D eigenvalue weighted by Crippen LogP contribution is 2.31. The zero-order valence-corrected chi connectivity index (χ0v) is 13.5. The molecule has 2 fully saturated rings. The minimum Gasteiger partial charge on any atom is -0.486 e. The van der Waals surface area contributed by atoms with Crippen molar-refractivity contribution in [1.82, 2.24) is 9.78 Å². The van der Waals surface area contributed by atoms with Gasteiger partial charge in [-0.1, -0.05) is 24.4 Å². The Balaban J connectivity index is 1.59.